The summed E-state index contributed by atoms with van der Waals surface area (Å²) in [7, 11) is 0. The first-order chi connectivity index (χ1) is 5.13. The third-order valence-corrected chi connectivity index (χ3v) is 0.777. The largest absolute Gasteiger partial charge is 0.463 e. The summed E-state index contributed by atoms with van der Waals surface area (Å²) in [6.07, 6.45) is -2.69. The van der Waals surface area contributed by atoms with Crippen LogP contribution in [0.5, 0.6) is 0 Å². The van der Waals surface area contributed by atoms with E-state index in [1.807, 2.05) is 0 Å². The molecule has 0 saturated carbocycles. The predicted octanol–water partition coefficient (Wildman–Crippen LogP) is 0.315. The highest BCUT2D eigenvalue weighted by atomic mass is 19.3. The molecule has 0 aromatic heterocycles. The van der Waals surface area contributed by atoms with Crippen molar-refractivity contribution in [2.75, 3.05) is 6.61 Å². The first kappa shape index (κ1) is 9.80. The molecule has 0 bridgehead atoms. The lowest BCUT2D eigenvalue weighted by molar-refractivity contribution is -0.193. The molecule has 0 saturated heterocycles. The van der Waals surface area contributed by atoms with Gasteiger partial charge in [-0.1, -0.05) is 0 Å². The van der Waals surface area contributed by atoms with E-state index in [0.717, 1.165) is 0 Å². The van der Waals surface area contributed by atoms with Gasteiger partial charge in [-0.3, -0.25) is 4.94 Å². The second-order valence-corrected chi connectivity index (χ2v) is 1.51. The number of carbonyl (C=O) groups is 2. The van der Waals surface area contributed by atoms with Crippen molar-refractivity contribution in [3.63, 3.8) is 0 Å². The zero-order valence-corrected chi connectivity index (χ0v) is 5.67. The Labute approximate surface area is 61.0 Å². The summed E-state index contributed by atoms with van der Waals surface area (Å²) >= 11 is 0. The number of alkyl halides is 1. The van der Waals surface area contributed by atoms with Crippen molar-refractivity contribution in [2.24, 2.45) is 0 Å². The predicted molar refractivity (Wildman–Crippen MR) is 28.7 cm³/mol. The fourth-order valence-electron chi connectivity index (χ4n) is 0.351. The molecule has 0 N–H and O–H groups in total. The van der Waals surface area contributed by atoms with Gasteiger partial charge >= 0.3 is 11.9 Å². The van der Waals surface area contributed by atoms with Crippen molar-refractivity contribution < 1.29 is 28.2 Å². The van der Waals surface area contributed by atoms with Gasteiger partial charge in [-0.15, -0.1) is 0 Å². The molecular formula is C5H6F2O4. The lowest BCUT2D eigenvalue weighted by atomic mass is 10.4. The number of esters is 1. The van der Waals surface area contributed by atoms with Crippen LogP contribution in [0, 0.1) is 0 Å². The molecule has 0 rings (SSSR count). The fourth-order valence-corrected chi connectivity index (χ4v) is 0.351. The Balaban J connectivity index is 3.91. The quantitative estimate of drug-likeness (QED) is 0.449. The minimum Gasteiger partial charge on any atom is -0.463 e. The molecule has 11 heavy (non-hydrogen) atoms. The van der Waals surface area contributed by atoms with Gasteiger partial charge in [0.25, 0.3) is 6.17 Å². The van der Waals surface area contributed by atoms with Crippen LogP contribution in [0.1, 0.15) is 6.92 Å². The highest BCUT2D eigenvalue weighted by molar-refractivity contribution is 5.97. The van der Waals surface area contributed by atoms with Crippen LogP contribution in [0.25, 0.3) is 0 Å². The van der Waals surface area contributed by atoms with Crippen LogP contribution in [-0.2, 0) is 19.3 Å². The molecule has 0 aliphatic carbocycles. The lowest BCUT2D eigenvalue weighted by Crippen LogP contribution is -2.27. The van der Waals surface area contributed by atoms with Crippen LogP contribution in [-0.4, -0.2) is 24.7 Å². The van der Waals surface area contributed by atoms with E-state index in [2.05, 4.69) is 9.68 Å². The standard InChI is InChI=1S/C5H6F2O4/c1-2-10-4(8)3(6)5(9)11-7/h3H,2H2,1H3. The van der Waals surface area contributed by atoms with E-state index in [-0.39, 0.29) is 6.61 Å². The van der Waals surface area contributed by atoms with Crippen LogP contribution in [0.3, 0.4) is 0 Å². The Morgan fingerprint density at radius 3 is 2.36 bits per heavy atom. The van der Waals surface area contributed by atoms with Gasteiger partial charge in [0.1, 0.15) is 0 Å². The van der Waals surface area contributed by atoms with Crippen molar-refractivity contribution in [1.82, 2.24) is 0 Å². The Hall–Kier alpha value is -1.20. The summed E-state index contributed by atoms with van der Waals surface area (Å²) in [4.78, 5) is 22.7. The van der Waals surface area contributed by atoms with Crippen LogP contribution in [0.2, 0.25) is 0 Å². The molecule has 0 aromatic carbocycles. The van der Waals surface area contributed by atoms with E-state index in [4.69, 9.17) is 0 Å². The smallest absolute Gasteiger partial charge is 0.394 e. The fraction of sp³-hybridized carbons (Fsp3) is 0.600. The molecule has 0 fully saturated rings. The normalized spacial score (nSPS) is 11.9. The van der Waals surface area contributed by atoms with Crippen LogP contribution >= 0.6 is 0 Å². The molecule has 0 aliphatic rings. The average Bonchev–Trinajstić information content (AvgIpc) is 2.02. The Kier molecular flexibility index (Phi) is 4.09. The van der Waals surface area contributed by atoms with E-state index in [0.29, 0.717) is 0 Å². The molecule has 0 aliphatic heterocycles. The molecule has 0 heterocycles. The number of rotatable bonds is 3. The minimum atomic E-state index is -2.69. The molecule has 0 amide bonds. The summed E-state index contributed by atoms with van der Waals surface area (Å²) in [5.41, 5.74) is 0. The Morgan fingerprint density at radius 1 is 1.45 bits per heavy atom. The molecule has 0 spiro atoms. The van der Waals surface area contributed by atoms with E-state index >= 15 is 0 Å². The monoisotopic (exact) mass is 168 g/mol. The average molecular weight is 168 g/mol. The van der Waals surface area contributed by atoms with E-state index < -0.39 is 18.1 Å². The topological polar surface area (TPSA) is 52.6 Å². The van der Waals surface area contributed by atoms with Gasteiger partial charge < -0.3 is 4.74 Å². The summed E-state index contributed by atoms with van der Waals surface area (Å²) in [5.74, 6) is -3.35. The summed E-state index contributed by atoms with van der Waals surface area (Å²) in [6, 6.07) is 0. The van der Waals surface area contributed by atoms with Gasteiger partial charge in [-0.25, -0.2) is 14.0 Å². The SMILES string of the molecule is CCOC(=O)C(F)C(=O)OF. The van der Waals surface area contributed by atoms with Crippen LogP contribution in [0.15, 0.2) is 0 Å². The summed E-state index contributed by atoms with van der Waals surface area (Å²) < 4.78 is 27.2. The van der Waals surface area contributed by atoms with Crippen molar-refractivity contribution in [3.8, 4) is 0 Å². The van der Waals surface area contributed by atoms with Crippen molar-refractivity contribution >= 4 is 11.9 Å². The molecule has 1 unspecified atom stereocenters. The van der Waals surface area contributed by atoms with Gasteiger partial charge in [0.05, 0.1) is 6.61 Å². The number of hydrogen-bond acceptors (Lipinski definition) is 4. The zero-order valence-electron chi connectivity index (χ0n) is 5.67. The van der Waals surface area contributed by atoms with Gasteiger partial charge in [0.2, 0.25) is 0 Å². The van der Waals surface area contributed by atoms with Crippen LogP contribution < -0.4 is 0 Å². The van der Waals surface area contributed by atoms with Gasteiger partial charge in [-0.2, -0.15) is 0 Å². The first-order valence-electron chi connectivity index (χ1n) is 2.76. The summed E-state index contributed by atoms with van der Waals surface area (Å²) in [6.45, 7) is 1.34. The van der Waals surface area contributed by atoms with E-state index in [1.165, 1.54) is 6.92 Å². The number of ether oxygens (including phenoxy) is 1. The molecule has 64 valence electrons. The Bertz CT molecular complexity index is 159. The third-order valence-electron chi connectivity index (χ3n) is 0.777. The minimum absolute atomic E-state index is 0.0845. The third kappa shape index (κ3) is 2.92. The number of carbonyl (C=O) groups excluding carboxylic acids is 2. The van der Waals surface area contributed by atoms with Gasteiger partial charge in [-0.05, 0) is 6.92 Å². The number of hydrogen-bond donors (Lipinski definition) is 0. The molecule has 6 heteroatoms. The first-order valence-corrected chi connectivity index (χ1v) is 2.76. The summed E-state index contributed by atoms with van der Waals surface area (Å²) in [5, 5.41) is 0. The maximum atomic E-state index is 12.2. The molecular weight excluding hydrogens is 162 g/mol. The highest BCUT2D eigenvalue weighted by Gasteiger charge is 2.29. The molecule has 4 nitrogen and oxygen atoms in total. The maximum absolute atomic E-state index is 12.2. The van der Waals surface area contributed by atoms with Gasteiger partial charge in [0.15, 0.2) is 0 Å². The zero-order chi connectivity index (χ0) is 8.85. The van der Waals surface area contributed by atoms with Crippen LogP contribution in [0.4, 0.5) is 8.92 Å². The highest BCUT2D eigenvalue weighted by Crippen LogP contribution is 1.98. The molecule has 1 atom stereocenters. The molecule has 0 radical (unpaired) electrons. The van der Waals surface area contributed by atoms with Gasteiger partial charge in [0, 0.05) is 4.53 Å². The maximum Gasteiger partial charge on any atom is 0.394 e. The second kappa shape index (κ2) is 4.59. The Morgan fingerprint density at radius 2 is 2.00 bits per heavy atom. The van der Waals surface area contributed by atoms with E-state index in [1.54, 1.807) is 0 Å². The van der Waals surface area contributed by atoms with E-state index in [9.17, 15) is 18.5 Å². The molecule has 0 aromatic rings. The van der Waals surface area contributed by atoms with Crippen molar-refractivity contribution in [1.29, 1.82) is 0 Å². The second-order valence-electron chi connectivity index (χ2n) is 1.51. The number of halogens is 2. The van der Waals surface area contributed by atoms with Crippen molar-refractivity contribution in [2.45, 2.75) is 13.1 Å². The van der Waals surface area contributed by atoms with Crippen molar-refractivity contribution in [3.05, 3.63) is 0 Å². The lowest BCUT2D eigenvalue weighted by Gasteiger charge is -2.01.